The van der Waals surface area contributed by atoms with E-state index >= 15 is 0 Å². The molecule has 1 aromatic rings. The molecule has 0 aromatic heterocycles. The summed E-state index contributed by atoms with van der Waals surface area (Å²) in [4.78, 5) is 28.8. The van der Waals surface area contributed by atoms with Crippen molar-refractivity contribution in [3.8, 4) is 0 Å². The molecular weight excluding hydrogens is 330 g/mol. The molecule has 0 bridgehead atoms. The minimum absolute atomic E-state index is 0.173. The van der Waals surface area contributed by atoms with Gasteiger partial charge in [0.25, 0.3) is 0 Å². The Morgan fingerprint density at radius 2 is 1.71 bits per heavy atom. The summed E-state index contributed by atoms with van der Waals surface area (Å²) >= 11 is 0. The number of hydrogen-bond acceptors (Lipinski definition) is 5. The number of aryl methyl sites for hydroxylation is 1. The lowest BCUT2D eigenvalue weighted by Crippen LogP contribution is -2.32. The lowest BCUT2D eigenvalue weighted by molar-refractivity contribution is -0.191. The fraction of sp³-hybridized carbons (Fsp3) is 0.529. The maximum absolute atomic E-state index is 12.7. The second-order valence-electron chi connectivity index (χ2n) is 6.14. The molecule has 2 rings (SSSR count). The van der Waals surface area contributed by atoms with Gasteiger partial charge in [0.1, 0.15) is 5.78 Å². The molecule has 0 amide bonds. The number of ketones is 1. The molecule has 1 saturated heterocycles. The van der Waals surface area contributed by atoms with Crippen molar-refractivity contribution in [2.24, 2.45) is 5.41 Å². The van der Waals surface area contributed by atoms with Gasteiger partial charge in [0, 0.05) is 24.9 Å². The highest BCUT2D eigenvalue weighted by atomic mass is 32.2. The van der Waals surface area contributed by atoms with Crippen molar-refractivity contribution in [1.29, 1.82) is 0 Å². The highest BCUT2D eigenvalue weighted by molar-refractivity contribution is 7.89. The van der Waals surface area contributed by atoms with Gasteiger partial charge in [-0.05, 0) is 31.9 Å². The van der Waals surface area contributed by atoms with E-state index in [0.717, 1.165) is 12.0 Å². The molecular formula is C17H23NO5S. The van der Waals surface area contributed by atoms with Crippen LogP contribution in [0, 0.1) is 12.3 Å². The average molecular weight is 353 g/mol. The lowest BCUT2D eigenvalue weighted by Gasteiger charge is -2.25. The maximum atomic E-state index is 12.7. The van der Waals surface area contributed by atoms with Gasteiger partial charge in [0.15, 0.2) is 0 Å². The molecule has 0 saturated carbocycles. The van der Waals surface area contributed by atoms with Crippen molar-refractivity contribution < 1.29 is 22.8 Å². The predicted octanol–water partition coefficient (Wildman–Crippen LogP) is 2.18. The fourth-order valence-corrected chi connectivity index (χ4v) is 4.07. The number of carbonyl (C=O) groups excluding carboxylic acids is 3. The molecule has 6 nitrogen and oxygen atoms in total. The van der Waals surface area contributed by atoms with Crippen molar-refractivity contribution in [2.75, 3.05) is 13.1 Å². The number of benzene rings is 1. The third-order valence-corrected chi connectivity index (χ3v) is 6.53. The summed E-state index contributed by atoms with van der Waals surface area (Å²) in [6.45, 7) is 6.55. The van der Waals surface area contributed by atoms with Crippen LogP contribution < -0.4 is 0 Å². The summed E-state index contributed by atoms with van der Waals surface area (Å²) in [6, 6.07) is 6.87. The Hall–Kier alpha value is -1.82. The molecule has 24 heavy (non-hydrogen) atoms. The van der Waals surface area contributed by atoms with E-state index in [1.165, 1.54) is 4.31 Å². The van der Waals surface area contributed by atoms with Gasteiger partial charge in [-0.15, -0.1) is 0 Å². The van der Waals surface area contributed by atoms with Crippen molar-refractivity contribution in [2.45, 2.75) is 44.9 Å². The van der Waals surface area contributed by atoms with E-state index in [9.17, 15) is 13.2 Å². The molecule has 1 aliphatic rings. The maximum Gasteiger partial charge on any atom is 0.373 e. The third kappa shape index (κ3) is 4.60. The number of carbonyl (C=O) groups is 1. The molecule has 1 aliphatic heterocycles. The van der Waals surface area contributed by atoms with Gasteiger partial charge >= 0.3 is 6.15 Å². The summed E-state index contributed by atoms with van der Waals surface area (Å²) in [6.07, 6.45) is 1.90. The summed E-state index contributed by atoms with van der Waals surface area (Å²) < 4.78 is 26.8. The van der Waals surface area contributed by atoms with E-state index in [4.69, 9.17) is 9.59 Å². The molecule has 1 aromatic carbocycles. The van der Waals surface area contributed by atoms with Crippen LogP contribution in [-0.4, -0.2) is 37.7 Å². The topological polar surface area (TPSA) is 88.6 Å². The quantitative estimate of drug-likeness (QED) is 0.831. The van der Waals surface area contributed by atoms with E-state index in [-0.39, 0.29) is 18.5 Å². The lowest BCUT2D eigenvalue weighted by atomic mass is 9.79. The summed E-state index contributed by atoms with van der Waals surface area (Å²) in [5.41, 5.74) is 0.635. The largest absolute Gasteiger partial charge is 0.373 e. The number of nitrogens with zero attached hydrogens (tertiary/aromatic N) is 1. The van der Waals surface area contributed by atoms with Crippen LogP contribution in [0.4, 0.5) is 0 Å². The van der Waals surface area contributed by atoms with Gasteiger partial charge in [0.05, 0.1) is 4.90 Å². The van der Waals surface area contributed by atoms with Gasteiger partial charge in [0.2, 0.25) is 10.0 Å². The Labute approximate surface area is 142 Å². The number of hydrogen-bond donors (Lipinski definition) is 0. The minimum Gasteiger partial charge on any atom is -0.299 e. The van der Waals surface area contributed by atoms with Crippen LogP contribution in [0.2, 0.25) is 0 Å². The van der Waals surface area contributed by atoms with Crippen LogP contribution in [0.15, 0.2) is 29.2 Å². The van der Waals surface area contributed by atoms with E-state index in [1.54, 1.807) is 24.3 Å². The second kappa shape index (κ2) is 8.33. The number of sulfonamides is 1. The van der Waals surface area contributed by atoms with Crippen LogP contribution in [0.1, 0.15) is 38.7 Å². The monoisotopic (exact) mass is 353 g/mol. The van der Waals surface area contributed by atoms with E-state index in [1.807, 2.05) is 20.8 Å². The Bertz CT molecular complexity index is 705. The van der Waals surface area contributed by atoms with Crippen LogP contribution in [0.3, 0.4) is 0 Å². The minimum atomic E-state index is -3.50. The van der Waals surface area contributed by atoms with Crippen LogP contribution in [0.5, 0.6) is 0 Å². The van der Waals surface area contributed by atoms with Crippen LogP contribution in [0.25, 0.3) is 0 Å². The Kier molecular flexibility index (Phi) is 7.02. The van der Waals surface area contributed by atoms with Gasteiger partial charge < -0.3 is 0 Å². The van der Waals surface area contributed by atoms with E-state index < -0.39 is 15.4 Å². The fourth-order valence-electron chi connectivity index (χ4n) is 2.62. The molecule has 1 heterocycles. The van der Waals surface area contributed by atoms with Crippen molar-refractivity contribution in [3.05, 3.63) is 29.8 Å². The van der Waals surface area contributed by atoms with E-state index in [2.05, 4.69) is 0 Å². The van der Waals surface area contributed by atoms with Crippen LogP contribution >= 0.6 is 0 Å². The van der Waals surface area contributed by atoms with Crippen molar-refractivity contribution in [1.82, 2.24) is 4.31 Å². The molecule has 0 spiro atoms. The first-order valence-electron chi connectivity index (χ1n) is 7.80. The SMILES string of the molecule is CCC1(C)CCN(S(=O)(=O)c2ccc(C)cc2)CCC1=O.O=C=O. The standard InChI is InChI=1S/C16H23NO3S.CO2/c1-4-16(3)10-12-17(11-9-15(16)18)21(19,20)14-7-5-13(2)6-8-14;2-1-3/h5-8H,4,9-12H2,1-3H3;. The predicted molar refractivity (Wildman–Crippen MR) is 87.6 cm³/mol. The molecule has 0 radical (unpaired) electrons. The zero-order valence-electron chi connectivity index (χ0n) is 14.2. The van der Waals surface area contributed by atoms with Crippen molar-refractivity contribution >= 4 is 22.0 Å². The second-order valence-corrected chi connectivity index (χ2v) is 8.08. The normalized spacial score (nSPS) is 22.0. The molecule has 1 atom stereocenters. The smallest absolute Gasteiger partial charge is 0.299 e. The molecule has 0 N–H and O–H groups in total. The molecule has 1 unspecified atom stereocenters. The Morgan fingerprint density at radius 1 is 1.17 bits per heavy atom. The van der Waals surface area contributed by atoms with E-state index in [0.29, 0.717) is 24.3 Å². The first-order chi connectivity index (χ1) is 11.2. The van der Waals surface area contributed by atoms with Gasteiger partial charge in [-0.1, -0.05) is 31.5 Å². The van der Waals surface area contributed by atoms with Gasteiger partial charge in [-0.25, -0.2) is 8.42 Å². The number of Topliss-reactive ketones (excluding diaryl/α,β-unsaturated/α-hetero) is 1. The summed E-state index contributed by atoms with van der Waals surface area (Å²) in [7, 11) is -3.50. The first kappa shape index (κ1) is 20.2. The molecule has 1 fully saturated rings. The zero-order valence-corrected chi connectivity index (χ0v) is 15.1. The Morgan fingerprint density at radius 3 is 2.21 bits per heavy atom. The summed E-state index contributed by atoms with van der Waals surface area (Å²) in [5.74, 6) is 0.173. The highest BCUT2D eigenvalue weighted by Gasteiger charge is 2.37. The average Bonchev–Trinajstić information content (AvgIpc) is 2.69. The van der Waals surface area contributed by atoms with Crippen molar-refractivity contribution in [3.63, 3.8) is 0 Å². The molecule has 132 valence electrons. The summed E-state index contributed by atoms with van der Waals surface area (Å²) in [5, 5.41) is 0. The van der Waals surface area contributed by atoms with Gasteiger partial charge in [-0.2, -0.15) is 13.9 Å². The highest BCUT2D eigenvalue weighted by Crippen LogP contribution is 2.32. The number of rotatable bonds is 3. The van der Waals surface area contributed by atoms with Gasteiger partial charge in [-0.3, -0.25) is 4.79 Å². The Balaban J connectivity index is 0.000000891. The molecule has 7 heteroatoms. The van der Waals surface area contributed by atoms with Crippen LogP contribution in [-0.2, 0) is 24.4 Å². The molecule has 0 aliphatic carbocycles. The third-order valence-electron chi connectivity index (χ3n) is 4.61. The zero-order chi connectivity index (χ0) is 18.4. The first-order valence-corrected chi connectivity index (χ1v) is 9.24.